The Hall–Kier alpha value is -1.40. The minimum atomic E-state index is -0.309. The fraction of sp³-hybridized carbons (Fsp3) is 0.667. The minimum absolute atomic E-state index is 0.309. The summed E-state index contributed by atoms with van der Waals surface area (Å²) in [4.78, 5) is 10.5. The van der Waals surface area contributed by atoms with Gasteiger partial charge in [0.1, 0.15) is 18.0 Å². The highest BCUT2D eigenvalue weighted by atomic mass is 16.3. The smallest absolute Gasteiger partial charge is 0.148 e. The summed E-state index contributed by atoms with van der Waals surface area (Å²) in [7, 11) is 1.96. The Labute approximate surface area is 108 Å². The third kappa shape index (κ3) is 3.82. The van der Waals surface area contributed by atoms with Crippen molar-refractivity contribution in [2.24, 2.45) is 5.84 Å². The molecule has 102 valence electrons. The normalized spacial score (nSPS) is 12.3. The molecule has 0 spiro atoms. The summed E-state index contributed by atoms with van der Waals surface area (Å²) in [5.74, 6) is 7.02. The molecular weight excluding hydrogens is 230 g/mol. The molecule has 0 radical (unpaired) electrons. The fourth-order valence-corrected chi connectivity index (χ4v) is 1.82. The molecule has 6 heteroatoms. The van der Waals surface area contributed by atoms with Crippen molar-refractivity contribution in [3.8, 4) is 0 Å². The van der Waals surface area contributed by atoms with E-state index in [1.807, 2.05) is 11.9 Å². The number of nitrogens with one attached hydrogen (secondary N) is 1. The van der Waals surface area contributed by atoms with Crippen LogP contribution in [-0.4, -0.2) is 34.8 Å². The molecule has 0 aliphatic heterocycles. The summed E-state index contributed by atoms with van der Waals surface area (Å²) in [5, 5.41) is 9.33. The number of rotatable bonds is 7. The van der Waals surface area contributed by atoms with E-state index in [9.17, 15) is 5.11 Å². The maximum Gasteiger partial charge on any atom is 0.148 e. The Morgan fingerprint density at radius 1 is 1.50 bits per heavy atom. The van der Waals surface area contributed by atoms with Gasteiger partial charge in [0.2, 0.25) is 0 Å². The number of hydrazine groups is 1. The van der Waals surface area contributed by atoms with E-state index in [-0.39, 0.29) is 6.10 Å². The number of hydrogen-bond donors (Lipinski definition) is 3. The fourth-order valence-electron chi connectivity index (χ4n) is 1.82. The van der Waals surface area contributed by atoms with Gasteiger partial charge in [0.15, 0.2) is 0 Å². The molecule has 0 aromatic carbocycles. The minimum Gasteiger partial charge on any atom is -0.393 e. The molecule has 6 nitrogen and oxygen atoms in total. The van der Waals surface area contributed by atoms with Crippen LogP contribution < -0.4 is 16.2 Å². The van der Waals surface area contributed by atoms with E-state index in [1.165, 1.54) is 6.33 Å². The van der Waals surface area contributed by atoms with Gasteiger partial charge in [-0.2, -0.15) is 0 Å². The van der Waals surface area contributed by atoms with E-state index in [0.717, 1.165) is 30.8 Å². The number of nitrogens with zero attached hydrogens (tertiary/aromatic N) is 3. The zero-order valence-corrected chi connectivity index (χ0v) is 11.3. The van der Waals surface area contributed by atoms with Crippen LogP contribution in [0.4, 0.5) is 11.6 Å². The average molecular weight is 253 g/mol. The van der Waals surface area contributed by atoms with Crippen molar-refractivity contribution in [3.63, 3.8) is 0 Å². The number of hydrogen-bond acceptors (Lipinski definition) is 6. The van der Waals surface area contributed by atoms with Gasteiger partial charge in [-0.3, -0.25) is 0 Å². The van der Waals surface area contributed by atoms with Crippen LogP contribution >= 0.6 is 0 Å². The van der Waals surface area contributed by atoms with Crippen LogP contribution in [0.2, 0.25) is 0 Å². The molecule has 1 rings (SSSR count). The van der Waals surface area contributed by atoms with E-state index < -0.39 is 0 Å². The second kappa shape index (κ2) is 7.13. The number of nitrogens with two attached hydrogens (primary N) is 1. The summed E-state index contributed by atoms with van der Waals surface area (Å²) in [6, 6.07) is 0. The molecule has 0 amide bonds. The third-order valence-electron chi connectivity index (χ3n) is 2.80. The lowest BCUT2D eigenvalue weighted by Gasteiger charge is -2.22. The van der Waals surface area contributed by atoms with Gasteiger partial charge in [-0.25, -0.2) is 15.8 Å². The molecule has 18 heavy (non-hydrogen) atoms. The van der Waals surface area contributed by atoms with E-state index in [4.69, 9.17) is 5.84 Å². The van der Waals surface area contributed by atoms with E-state index in [2.05, 4.69) is 22.3 Å². The number of aliphatic hydroxyl groups excluding tert-OH is 1. The van der Waals surface area contributed by atoms with Crippen LogP contribution in [0, 0.1) is 0 Å². The number of aliphatic hydroxyl groups is 1. The van der Waals surface area contributed by atoms with Gasteiger partial charge in [-0.1, -0.05) is 13.3 Å². The van der Waals surface area contributed by atoms with Gasteiger partial charge < -0.3 is 15.4 Å². The third-order valence-corrected chi connectivity index (χ3v) is 2.80. The Morgan fingerprint density at radius 3 is 2.78 bits per heavy atom. The second-order valence-corrected chi connectivity index (χ2v) is 4.48. The van der Waals surface area contributed by atoms with Crippen LogP contribution in [0.1, 0.15) is 32.3 Å². The summed E-state index contributed by atoms with van der Waals surface area (Å²) in [6.07, 6.45) is 3.77. The quantitative estimate of drug-likeness (QED) is 0.495. The number of anilines is 2. The van der Waals surface area contributed by atoms with Crippen molar-refractivity contribution in [2.75, 3.05) is 23.9 Å². The predicted octanol–water partition coefficient (Wildman–Crippen LogP) is 0.922. The molecule has 1 atom stereocenters. The highest BCUT2D eigenvalue weighted by molar-refractivity contribution is 5.58. The first kappa shape index (κ1) is 14.7. The van der Waals surface area contributed by atoms with Gasteiger partial charge in [-0.15, -0.1) is 0 Å². The van der Waals surface area contributed by atoms with Crippen LogP contribution in [0.25, 0.3) is 0 Å². The lowest BCUT2D eigenvalue weighted by atomic mass is 10.1. The highest BCUT2D eigenvalue weighted by Gasteiger charge is 2.14. The Kier molecular flexibility index (Phi) is 5.80. The van der Waals surface area contributed by atoms with E-state index in [1.54, 1.807) is 6.92 Å². The van der Waals surface area contributed by atoms with E-state index in [0.29, 0.717) is 12.2 Å². The molecule has 4 N–H and O–H groups in total. The van der Waals surface area contributed by atoms with Crippen LogP contribution in [0.3, 0.4) is 0 Å². The van der Waals surface area contributed by atoms with Crippen LogP contribution in [-0.2, 0) is 6.42 Å². The van der Waals surface area contributed by atoms with Crippen molar-refractivity contribution in [1.82, 2.24) is 9.97 Å². The monoisotopic (exact) mass is 253 g/mol. The first-order valence-electron chi connectivity index (χ1n) is 6.29. The zero-order valence-electron chi connectivity index (χ0n) is 11.3. The van der Waals surface area contributed by atoms with E-state index >= 15 is 0 Å². The molecular formula is C12H23N5O. The van der Waals surface area contributed by atoms with Gasteiger partial charge in [0, 0.05) is 19.2 Å². The predicted molar refractivity (Wildman–Crippen MR) is 73.4 cm³/mol. The summed E-state index contributed by atoms with van der Waals surface area (Å²) < 4.78 is 0. The Balaban J connectivity index is 2.91. The first-order chi connectivity index (χ1) is 8.60. The molecule has 0 aliphatic rings. The summed E-state index contributed by atoms with van der Waals surface area (Å²) in [5.41, 5.74) is 3.64. The molecule has 1 unspecified atom stereocenters. The summed E-state index contributed by atoms with van der Waals surface area (Å²) in [6.45, 7) is 4.63. The lowest BCUT2D eigenvalue weighted by Crippen LogP contribution is -2.25. The molecule has 0 fully saturated rings. The standard InChI is InChI=1S/C12H23N5O/c1-4-5-10-11(16-13)14-8-15-12(10)17(3)7-6-9(2)18/h8-9,18H,4-7,13H2,1-3H3,(H,14,15,16). The summed E-state index contributed by atoms with van der Waals surface area (Å²) >= 11 is 0. The largest absolute Gasteiger partial charge is 0.393 e. The molecule has 1 heterocycles. The molecule has 1 aromatic rings. The van der Waals surface area contributed by atoms with Gasteiger partial charge in [0.05, 0.1) is 6.10 Å². The molecule has 0 aliphatic carbocycles. The highest BCUT2D eigenvalue weighted by Crippen LogP contribution is 2.23. The average Bonchev–Trinajstić information content (AvgIpc) is 2.36. The molecule has 0 saturated heterocycles. The molecule has 0 bridgehead atoms. The van der Waals surface area contributed by atoms with Crippen molar-refractivity contribution < 1.29 is 5.11 Å². The maximum absolute atomic E-state index is 9.33. The zero-order chi connectivity index (χ0) is 13.5. The number of nitrogen functional groups attached to an aromatic ring is 1. The van der Waals surface area contributed by atoms with Crippen LogP contribution in [0.15, 0.2) is 6.33 Å². The van der Waals surface area contributed by atoms with Crippen molar-refractivity contribution in [1.29, 1.82) is 0 Å². The molecule has 1 aromatic heterocycles. The lowest BCUT2D eigenvalue weighted by molar-refractivity contribution is 0.187. The maximum atomic E-state index is 9.33. The topological polar surface area (TPSA) is 87.3 Å². The van der Waals surface area contributed by atoms with Gasteiger partial charge >= 0.3 is 0 Å². The van der Waals surface area contributed by atoms with Crippen molar-refractivity contribution in [3.05, 3.63) is 11.9 Å². The van der Waals surface area contributed by atoms with Crippen molar-refractivity contribution >= 4 is 11.6 Å². The SMILES string of the molecule is CCCc1c(NN)ncnc1N(C)CCC(C)O. The molecule has 0 saturated carbocycles. The Bertz CT molecular complexity index is 369. The second-order valence-electron chi connectivity index (χ2n) is 4.48. The van der Waals surface area contributed by atoms with Crippen LogP contribution in [0.5, 0.6) is 0 Å². The van der Waals surface area contributed by atoms with Crippen molar-refractivity contribution in [2.45, 2.75) is 39.2 Å². The van der Waals surface area contributed by atoms with Gasteiger partial charge in [-0.05, 0) is 19.8 Å². The number of aromatic nitrogens is 2. The Morgan fingerprint density at radius 2 is 2.22 bits per heavy atom. The van der Waals surface area contributed by atoms with Gasteiger partial charge in [0.25, 0.3) is 0 Å². The first-order valence-corrected chi connectivity index (χ1v) is 6.29.